The maximum Gasteiger partial charge on any atom is 0.227 e. The van der Waals surface area contributed by atoms with Gasteiger partial charge in [-0.15, -0.1) is 0 Å². The van der Waals surface area contributed by atoms with Crippen LogP contribution < -0.4 is 10.2 Å². The number of aromatic nitrogens is 6. The molecule has 8 heteroatoms. The van der Waals surface area contributed by atoms with Crippen LogP contribution in [-0.4, -0.2) is 37.2 Å². The van der Waals surface area contributed by atoms with E-state index in [0.717, 1.165) is 28.4 Å². The number of H-pyrrole nitrogens is 2. The van der Waals surface area contributed by atoms with E-state index in [1.165, 1.54) is 18.5 Å². The molecule has 4 aromatic rings. The second-order valence-corrected chi connectivity index (χ2v) is 6.92. The van der Waals surface area contributed by atoms with Crippen molar-refractivity contribution in [1.29, 1.82) is 0 Å². The highest BCUT2D eigenvalue weighted by molar-refractivity contribution is 5.74. The Morgan fingerprint density at radius 1 is 1.15 bits per heavy atom. The fourth-order valence-corrected chi connectivity index (χ4v) is 3.12. The highest BCUT2D eigenvalue weighted by atomic mass is 15.3. The molecule has 4 heterocycles. The monoisotopic (exact) mass is 360 g/mol. The summed E-state index contributed by atoms with van der Waals surface area (Å²) >= 11 is 0. The zero-order valence-corrected chi connectivity index (χ0v) is 15.0. The first-order chi connectivity index (χ1) is 13.2. The van der Waals surface area contributed by atoms with Gasteiger partial charge < -0.3 is 15.2 Å². The van der Waals surface area contributed by atoms with Gasteiger partial charge in [-0.25, -0.2) is 9.97 Å². The van der Waals surface area contributed by atoms with E-state index in [9.17, 15) is 0 Å². The van der Waals surface area contributed by atoms with Crippen molar-refractivity contribution >= 4 is 28.6 Å². The van der Waals surface area contributed by atoms with Crippen molar-refractivity contribution < 1.29 is 0 Å². The van der Waals surface area contributed by atoms with Crippen molar-refractivity contribution in [1.82, 2.24) is 30.1 Å². The van der Waals surface area contributed by atoms with Crippen molar-refractivity contribution in [3.8, 4) is 0 Å². The number of nitrogens with one attached hydrogen (secondary N) is 3. The maximum absolute atomic E-state index is 4.66. The van der Waals surface area contributed by atoms with E-state index in [-0.39, 0.29) is 0 Å². The summed E-state index contributed by atoms with van der Waals surface area (Å²) in [6, 6.07) is 9.92. The van der Waals surface area contributed by atoms with Crippen molar-refractivity contribution in [3.05, 3.63) is 54.1 Å². The lowest BCUT2D eigenvalue weighted by Crippen LogP contribution is -2.20. The molecule has 1 aliphatic carbocycles. The number of anilines is 3. The Balaban J connectivity index is 1.30. The Morgan fingerprint density at radius 2 is 2.07 bits per heavy atom. The Morgan fingerprint density at radius 3 is 2.96 bits per heavy atom. The molecule has 1 saturated carbocycles. The summed E-state index contributed by atoms with van der Waals surface area (Å²) in [4.78, 5) is 18.8. The van der Waals surface area contributed by atoms with E-state index in [4.69, 9.17) is 0 Å². The highest BCUT2D eigenvalue weighted by Crippen LogP contribution is 2.39. The zero-order chi connectivity index (χ0) is 18.2. The number of hydrogen-bond donors (Lipinski definition) is 3. The first kappa shape index (κ1) is 15.8. The fraction of sp³-hybridized carbons (Fsp3) is 0.263. The number of aromatic amines is 2. The number of pyridine rings is 1. The van der Waals surface area contributed by atoms with Gasteiger partial charge in [0.2, 0.25) is 5.95 Å². The third-order valence-electron chi connectivity index (χ3n) is 4.72. The molecule has 3 N–H and O–H groups in total. The van der Waals surface area contributed by atoms with Gasteiger partial charge in [0.05, 0.1) is 23.3 Å². The van der Waals surface area contributed by atoms with Crippen LogP contribution >= 0.6 is 0 Å². The van der Waals surface area contributed by atoms with Gasteiger partial charge in [0, 0.05) is 37.1 Å². The van der Waals surface area contributed by atoms with Crippen molar-refractivity contribution in [2.75, 3.05) is 17.3 Å². The van der Waals surface area contributed by atoms with Crippen LogP contribution in [0.1, 0.15) is 30.1 Å². The van der Waals surface area contributed by atoms with E-state index < -0.39 is 0 Å². The minimum atomic E-state index is 0.624. The topological polar surface area (TPSA) is 98.4 Å². The molecule has 27 heavy (non-hydrogen) atoms. The molecule has 1 fully saturated rings. The average molecular weight is 360 g/mol. The second kappa shape index (κ2) is 6.39. The van der Waals surface area contributed by atoms with Crippen LogP contribution in [0.4, 0.5) is 17.6 Å². The quantitative estimate of drug-likeness (QED) is 0.488. The molecule has 8 nitrogen and oxygen atoms in total. The van der Waals surface area contributed by atoms with Gasteiger partial charge in [-0.1, -0.05) is 0 Å². The Labute approximate surface area is 156 Å². The lowest BCUT2D eigenvalue weighted by atomic mass is 10.3. The average Bonchev–Trinajstić information content (AvgIpc) is 3.24. The Hall–Kier alpha value is -3.42. The molecule has 5 rings (SSSR count). The van der Waals surface area contributed by atoms with E-state index in [1.807, 2.05) is 42.4 Å². The molecule has 0 spiro atoms. The van der Waals surface area contributed by atoms with Crippen LogP contribution in [-0.2, 0) is 6.54 Å². The highest BCUT2D eigenvalue weighted by Gasteiger charge is 2.25. The molecular weight excluding hydrogens is 340 g/mol. The molecule has 0 radical (unpaired) electrons. The van der Waals surface area contributed by atoms with Gasteiger partial charge >= 0.3 is 0 Å². The molecular formula is C19H20N8. The summed E-state index contributed by atoms with van der Waals surface area (Å²) < 4.78 is 0. The van der Waals surface area contributed by atoms with Crippen LogP contribution in [0.2, 0.25) is 0 Å². The van der Waals surface area contributed by atoms with Gasteiger partial charge in [0.25, 0.3) is 0 Å². The summed E-state index contributed by atoms with van der Waals surface area (Å²) in [5, 5.41) is 10.7. The summed E-state index contributed by atoms with van der Waals surface area (Å²) in [5.41, 5.74) is 4.15. The van der Waals surface area contributed by atoms with E-state index in [2.05, 4.69) is 41.5 Å². The van der Waals surface area contributed by atoms with Gasteiger partial charge in [0.1, 0.15) is 5.82 Å². The molecule has 0 saturated heterocycles. The van der Waals surface area contributed by atoms with Gasteiger partial charge in [-0.05, 0) is 37.1 Å². The third kappa shape index (κ3) is 3.33. The van der Waals surface area contributed by atoms with Gasteiger partial charge in [-0.2, -0.15) is 10.1 Å². The van der Waals surface area contributed by atoms with Crippen molar-refractivity contribution in [2.24, 2.45) is 0 Å². The molecule has 136 valence electrons. The molecule has 0 aliphatic heterocycles. The minimum absolute atomic E-state index is 0.624. The van der Waals surface area contributed by atoms with Crippen LogP contribution in [0.15, 0.2) is 42.7 Å². The van der Waals surface area contributed by atoms with E-state index in [0.29, 0.717) is 18.4 Å². The molecule has 4 aromatic heterocycles. The van der Waals surface area contributed by atoms with Crippen molar-refractivity contribution in [2.45, 2.75) is 25.3 Å². The standard InChI is InChI=1S/C19H20N8/c1-27(11-13-4-5-14-15(22-13)6-8-20-14)19-21-9-7-17(24-19)23-18-10-16(25-26-18)12-2-3-12/h4-10,12,20H,2-3,11H2,1H3,(H2,21,23,24,25,26). The third-order valence-corrected chi connectivity index (χ3v) is 4.72. The van der Waals surface area contributed by atoms with E-state index >= 15 is 0 Å². The van der Waals surface area contributed by atoms with Crippen molar-refractivity contribution in [3.63, 3.8) is 0 Å². The molecule has 1 aliphatic rings. The fourth-order valence-electron chi connectivity index (χ4n) is 3.12. The smallest absolute Gasteiger partial charge is 0.227 e. The van der Waals surface area contributed by atoms with Crippen LogP contribution in [0.5, 0.6) is 0 Å². The number of fused-ring (bicyclic) bond motifs is 1. The summed E-state index contributed by atoms with van der Waals surface area (Å²) in [5.74, 6) is 2.78. The van der Waals surface area contributed by atoms with Crippen LogP contribution in [0.25, 0.3) is 11.0 Å². The predicted octanol–water partition coefficient (Wildman–Crippen LogP) is 3.33. The normalized spacial score (nSPS) is 13.8. The molecule has 0 atom stereocenters. The maximum atomic E-state index is 4.66. The molecule has 0 amide bonds. The summed E-state index contributed by atoms with van der Waals surface area (Å²) in [6.45, 7) is 0.624. The van der Waals surface area contributed by atoms with Gasteiger partial charge in [0.15, 0.2) is 5.82 Å². The molecule has 0 bridgehead atoms. The SMILES string of the molecule is CN(Cc1ccc2[nH]ccc2n1)c1nccc(Nc2cc(C3CC3)[nH]n2)n1. The number of nitrogens with zero attached hydrogens (tertiary/aromatic N) is 5. The Bertz CT molecular complexity index is 1080. The lowest BCUT2D eigenvalue weighted by molar-refractivity contribution is 0.846. The number of rotatable bonds is 6. The minimum Gasteiger partial charge on any atom is -0.360 e. The first-order valence-electron chi connectivity index (χ1n) is 9.04. The zero-order valence-electron chi connectivity index (χ0n) is 15.0. The molecule has 0 unspecified atom stereocenters. The lowest BCUT2D eigenvalue weighted by Gasteiger charge is -2.17. The largest absolute Gasteiger partial charge is 0.360 e. The van der Waals surface area contributed by atoms with Crippen LogP contribution in [0.3, 0.4) is 0 Å². The first-order valence-corrected chi connectivity index (χ1v) is 9.04. The number of hydrogen-bond acceptors (Lipinski definition) is 6. The van der Waals surface area contributed by atoms with Crippen LogP contribution in [0, 0.1) is 0 Å². The molecule has 0 aromatic carbocycles. The second-order valence-electron chi connectivity index (χ2n) is 6.92. The summed E-state index contributed by atoms with van der Waals surface area (Å²) in [6.07, 6.45) is 6.13. The van der Waals surface area contributed by atoms with Gasteiger partial charge in [-0.3, -0.25) is 5.10 Å². The predicted molar refractivity (Wildman–Crippen MR) is 104 cm³/mol. The van der Waals surface area contributed by atoms with E-state index in [1.54, 1.807) is 6.20 Å². The summed E-state index contributed by atoms with van der Waals surface area (Å²) in [7, 11) is 1.96. The Kier molecular flexibility index (Phi) is 3.74.